The molecule has 0 radical (unpaired) electrons. The molecule has 0 saturated carbocycles. The molecule has 0 saturated heterocycles. The van der Waals surface area contributed by atoms with E-state index in [2.05, 4.69) is 37.7 Å². The minimum absolute atomic E-state index is 0.456. The fourth-order valence-corrected chi connectivity index (χ4v) is 2.54. The van der Waals surface area contributed by atoms with Crippen LogP contribution >= 0.6 is 0 Å². The number of aromatic nitrogens is 5. The lowest BCUT2D eigenvalue weighted by Crippen LogP contribution is -2.10. The van der Waals surface area contributed by atoms with Gasteiger partial charge in [-0.2, -0.15) is 14.8 Å². The van der Waals surface area contributed by atoms with E-state index in [1.165, 1.54) is 5.56 Å². The van der Waals surface area contributed by atoms with Crippen LogP contribution in [0.15, 0.2) is 60.8 Å². The number of para-hydroxylation sites is 1. The molecule has 0 aliphatic rings. The first-order valence-corrected chi connectivity index (χ1v) is 7.73. The molecule has 0 unspecified atom stereocenters. The van der Waals surface area contributed by atoms with Gasteiger partial charge in [0.25, 0.3) is 5.95 Å². The topological polar surface area (TPSA) is 68.5 Å². The predicted octanol–water partition coefficient (Wildman–Crippen LogP) is 3.13. The maximum atomic E-state index is 4.60. The maximum Gasteiger partial charge on any atom is 0.272 e. The first-order valence-electron chi connectivity index (χ1n) is 7.73. The summed E-state index contributed by atoms with van der Waals surface area (Å²) < 4.78 is 1.70. The van der Waals surface area contributed by atoms with Crippen molar-refractivity contribution in [1.29, 1.82) is 0 Å². The van der Waals surface area contributed by atoms with Crippen LogP contribution in [0.5, 0.6) is 0 Å². The molecule has 0 aliphatic heterocycles. The standard InChI is InChI=1S/C18H16N6/c1-13-17(19-11-14-7-3-2-4-8-14)21-18(23-22-13)24-16-10-6-5-9-15(16)12-20-24/h2-10,12H,11H2,1H3,(H,19,21,23). The zero-order valence-corrected chi connectivity index (χ0v) is 13.2. The Morgan fingerprint density at radius 2 is 1.75 bits per heavy atom. The van der Waals surface area contributed by atoms with Gasteiger partial charge in [-0.15, -0.1) is 10.2 Å². The molecule has 0 atom stereocenters. The van der Waals surface area contributed by atoms with Crippen molar-refractivity contribution >= 4 is 16.7 Å². The molecule has 0 fully saturated rings. The van der Waals surface area contributed by atoms with Crippen molar-refractivity contribution in [2.75, 3.05) is 5.32 Å². The molecule has 0 spiro atoms. The van der Waals surface area contributed by atoms with Gasteiger partial charge in [0.2, 0.25) is 0 Å². The molecule has 1 N–H and O–H groups in total. The van der Waals surface area contributed by atoms with Gasteiger partial charge in [0.15, 0.2) is 5.82 Å². The number of aryl methyl sites for hydroxylation is 1. The number of hydrogen-bond acceptors (Lipinski definition) is 5. The Balaban J connectivity index is 1.66. The van der Waals surface area contributed by atoms with Crippen LogP contribution in [0.25, 0.3) is 16.9 Å². The predicted molar refractivity (Wildman–Crippen MR) is 93.0 cm³/mol. The molecule has 118 valence electrons. The molecule has 6 nitrogen and oxygen atoms in total. The van der Waals surface area contributed by atoms with E-state index in [0.29, 0.717) is 18.3 Å². The Morgan fingerprint density at radius 1 is 0.958 bits per heavy atom. The van der Waals surface area contributed by atoms with Crippen LogP contribution in [0, 0.1) is 6.92 Å². The van der Waals surface area contributed by atoms with Gasteiger partial charge in [0.05, 0.1) is 11.7 Å². The Bertz CT molecular complexity index is 977. The molecule has 2 aromatic carbocycles. The third-order valence-electron chi connectivity index (χ3n) is 3.81. The summed E-state index contributed by atoms with van der Waals surface area (Å²) in [7, 11) is 0. The normalized spacial score (nSPS) is 10.9. The highest BCUT2D eigenvalue weighted by molar-refractivity contribution is 5.79. The summed E-state index contributed by atoms with van der Waals surface area (Å²) in [4.78, 5) is 4.60. The maximum absolute atomic E-state index is 4.60. The third-order valence-corrected chi connectivity index (χ3v) is 3.81. The Hall–Kier alpha value is -3.28. The van der Waals surface area contributed by atoms with Gasteiger partial charge < -0.3 is 5.32 Å². The number of nitrogens with one attached hydrogen (secondary N) is 1. The molecule has 2 heterocycles. The van der Waals surface area contributed by atoms with Crippen molar-refractivity contribution in [2.24, 2.45) is 0 Å². The van der Waals surface area contributed by atoms with E-state index in [1.807, 2.05) is 49.4 Å². The second kappa shape index (κ2) is 6.08. The van der Waals surface area contributed by atoms with E-state index >= 15 is 0 Å². The summed E-state index contributed by atoms with van der Waals surface area (Å²) in [6.07, 6.45) is 1.80. The van der Waals surface area contributed by atoms with E-state index in [1.54, 1.807) is 10.9 Å². The van der Waals surface area contributed by atoms with E-state index in [0.717, 1.165) is 16.6 Å². The van der Waals surface area contributed by atoms with E-state index < -0.39 is 0 Å². The van der Waals surface area contributed by atoms with Crippen LogP contribution in [-0.4, -0.2) is 25.0 Å². The second-order valence-corrected chi connectivity index (χ2v) is 5.50. The lowest BCUT2D eigenvalue weighted by molar-refractivity contribution is 0.781. The van der Waals surface area contributed by atoms with Gasteiger partial charge in [-0.05, 0) is 18.6 Å². The van der Waals surface area contributed by atoms with E-state index in [9.17, 15) is 0 Å². The summed E-state index contributed by atoms with van der Waals surface area (Å²) in [5, 5.41) is 17.1. The Morgan fingerprint density at radius 3 is 2.62 bits per heavy atom. The van der Waals surface area contributed by atoms with Gasteiger partial charge in [-0.3, -0.25) is 0 Å². The summed E-state index contributed by atoms with van der Waals surface area (Å²) in [5.74, 6) is 1.17. The Labute approximate surface area is 139 Å². The fourth-order valence-electron chi connectivity index (χ4n) is 2.54. The summed E-state index contributed by atoms with van der Waals surface area (Å²) in [6.45, 7) is 2.57. The fraction of sp³-hybridized carbons (Fsp3) is 0.111. The quantitative estimate of drug-likeness (QED) is 0.626. The highest BCUT2D eigenvalue weighted by Crippen LogP contribution is 2.17. The molecule has 4 rings (SSSR count). The minimum atomic E-state index is 0.456. The lowest BCUT2D eigenvalue weighted by atomic mass is 10.2. The van der Waals surface area contributed by atoms with E-state index in [-0.39, 0.29) is 0 Å². The van der Waals surface area contributed by atoms with Crippen LogP contribution in [0.3, 0.4) is 0 Å². The number of benzene rings is 2. The van der Waals surface area contributed by atoms with Crippen molar-refractivity contribution in [3.63, 3.8) is 0 Å². The molecule has 2 aromatic heterocycles. The van der Waals surface area contributed by atoms with Crippen LogP contribution in [0.4, 0.5) is 5.82 Å². The Kier molecular flexibility index (Phi) is 3.63. The van der Waals surface area contributed by atoms with Crippen molar-refractivity contribution in [1.82, 2.24) is 25.0 Å². The zero-order valence-electron chi connectivity index (χ0n) is 13.2. The average Bonchev–Trinajstić information content (AvgIpc) is 3.06. The molecule has 0 amide bonds. The van der Waals surface area contributed by atoms with Gasteiger partial charge in [0, 0.05) is 11.9 Å². The molecule has 0 bridgehead atoms. The van der Waals surface area contributed by atoms with Crippen LogP contribution in [0.1, 0.15) is 11.3 Å². The number of rotatable bonds is 4. The SMILES string of the molecule is Cc1nnc(-n2ncc3ccccc32)nc1NCc1ccccc1. The van der Waals surface area contributed by atoms with Crippen molar-refractivity contribution in [3.05, 3.63) is 72.1 Å². The highest BCUT2D eigenvalue weighted by Gasteiger charge is 2.10. The van der Waals surface area contributed by atoms with Crippen LogP contribution < -0.4 is 5.32 Å². The molecule has 0 aliphatic carbocycles. The van der Waals surface area contributed by atoms with Crippen molar-refractivity contribution in [2.45, 2.75) is 13.5 Å². The molecule has 4 aromatic rings. The zero-order chi connectivity index (χ0) is 16.4. The van der Waals surface area contributed by atoms with E-state index in [4.69, 9.17) is 0 Å². The number of nitrogens with zero attached hydrogens (tertiary/aromatic N) is 5. The highest BCUT2D eigenvalue weighted by atomic mass is 15.4. The molecular formula is C18H16N6. The van der Waals surface area contributed by atoms with Gasteiger partial charge in [0.1, 0.15) is 5.69 Å². The molecular weight excluding hydrogens is 300 g/mol. The monoisotopic (exact) mass is 316 g/mol. The minimum Gasteiger partial charge on any atom is -0.364 e. The lowest BCUT2D eigenvalue weighted by Gasteiger charge is -2.09. The summed E-state index contributed by atoms with van der Waals surface area (Å²) >= 11 is 0. The molecule has 24 heavy (non-hydrogen) atoms. The van der Waals surface area contributed by atoms with Crippen LogP contribution in [0.2, 0.25) is 0 Å². The van der Waals surface area contributed by atoms with Gasteiger partial charge >= 0.3 is 0 Å². The number of fused-ring (bicyclic) bond motifs is 1. The van der Waals surface area contributed by atoms with Gasteiger partial charge in [-0.25, -0.2) is 0 Å². The number of hydrogen-bond donors (Lipinski definition) is 1. The van der Waals surface area contributed by atoms with Crippen LogP contribution in [-0.2, 0) is 6.54 Å². The summed E-state index contributed by atoms with van der Waals surface area (Å²) in [6, 6.07) is 18.1. The van der Waals surface area contributed by atoms with Crippen molar-refractivity contribution in [3.8, 4) is 5.95 Å². The largest absolute Gasteiger partial charge is 0.364 e. The smallest absolute Gasteiger partial charge is 0.272 e. The molecule has 6 heteroatoms. The second-order valence-electron chi connectivity index (χ2n) is 5.50. The van der Waals surface area contributed by atoms with Gasteiger partial charge in [-0.1, -0.05) is 48.5 Å². The first-order chi connectivity index (χ1) is 11.8. The number of anilines is 1. The van der Waals surface area contributed by atoms with Crippen molar-refractivity contribution < 1.29 is 0 Å². The average molecular weight is 316 g/mol. The third kappa shape index (κ3) is 2.69. The first kappa shape index (κ1) is 14.3. The summed E-state index contributed by atoms with van der Waals surface area (Å²) in [5.41, 5.74) is 2.89.